The SMILES string of the molecule is C=Cc1cccc(CO)n1. The molecule has 0 saturated carbocycles. The molecule has 1 N–H and O–H groups in total. The Morgan fingerprint density at radius 2 is 2.40 bits per heavy atom. The lowest BCUT2D eigenvalue weighted by Crippen LogP contribution is -1.89. The van der Waals surface area contributed by atoms with Crippen molar-refractivity contribution in [2.75, 3.05) is 0 Å². The molecule has 0 aliphatic carbocycles. The van der Waals surface area contributed by atoms with E-state index < -0.39 is 0 Å². The lowest BCUT2D eigenvalue weighted by Gasteiger charge is -1.94. The molecule has 0 radical (unpaired) electrons. The molecule has 1 rings (SSSR count). The molecule has 0 fully saturated rings. The highest BCUT2D eigenvalue weighted by Crippen LogP contribution is 1.99. The summed E-state index contributed by atoms with van der Waals surface area (Å²) in [5.41, 5.74) is 1.48. The summed E-state index contributed by atoms with van der Waals surface area (Å²) >= 11 is 0. The van der Waals surface area contributed by atoms with Crippen molar-refractivity contribution in [1.82, 2.24) is 4.98 Å². The van der Waals surface area contributed by atoms with Crippen LogP contribution in [0.25, 0.3) is 6.08 Å². The summed E-state index contributed by atoms with van der Waals surface area (Å²) in [6.07, 6.45) is 1.65. The van der Waals surface area contributed by atoms with Crippen molar-refractivity contribution in [2.45, 2.75) is 6.61 Å². The number of hydrogen-bond acceptors (Lipinski definition) is 2. The van der Waals surface area contributed by atoms with Gasteiger partial charge < -0.3 is 5.11 Å². The van der Waals surface area contributed by atoms with Crippen molar-refractivity contribution in [3.8, 4) is 0 Å². The fraction of sp³-hybridized carbons (Fsp3) is 0.125. The second-order valence-corrected chi connectivity index (χ2v) is 1.92. The molecule has 52 valence electrons. The maximum Gasteiger partial charge on any atom is 0.0853 e. The first kappa shape index (κ1) is 6.96. The van der Waals surface area contributed by atoms with Crippen LogP contribution in [-0.4, -0.2) is 10.1 Å². The standard InChI is InChI=1S/C8H9NO/c1-2-7-4-3-5-8(6-10)9-7/h2-5,10H,1,6H2. The first-order valence-electron chi connectivity index (χ1n) is 3.06. The molecule has 0 aliphatic rings. The van der Waals surface area contributed by atoms with Gasteiger partial charge >= 0.3 is 0 Å². The molecule has 0 saturated heterocycles. The van der Waals surface area contributed by atoms with Crippen molar-refractivity contribution in [2.24, 2.45) is 0 Å². The first-order chi connectivity index (χ1) is 4.86. The van der Waals surface area contributed by atoms with Gasteiger partial charge in [-0.15, -0.1) is 0 Å². The molecule has 1 heterocycles. The van der Waals surface area contributed by atoms with Gasteiger partial charge in [-0.1, -0.05) is 12.6 Å². The van der Waals surface area contributed by atoms with Gasteiger partial charge in [0.15, 0.2) is 0 Å². The number of aliphatic hydroxyl groups is 1. The first-order valence-corrected chi connectivity index (χ1v) is 3.06. The maximum atomic E-state index is 8.66. The van der Waals surface area contributed by atoms with E-state index in [0.717, 1.165) is 5.69 Å². The van der Waals surface area contributed by atoms with Crippen LogP contribution in [0.3, 0.4) is 0 Å². The summed E-state index contributed by atoms with van der Waals surface area (Å²) in [4.78, 5) is 4.04. The third-order valence-electron chi connectivity index (χ3n) is 1.20. The molecule has 0 amide bonds. The molecule has 1 aromatic heterocycles. The van der Waals surface area contributed by atoms with Gasteiger partial charge in [-0.25, -0.2) is 0 Å². The zero-order valence-corrected chi connectivity index (χ0v) is 5.62. The van der Waals surface area contributed by atoms with E-state index in [1.54, 1.807) is 12.1 Å². The lowest BCUT2D eigenvalue weighted by molar-refractivity contribution is 0.277. The minimum absolute atomic E-state index is 0.0122. The fourth-order valence-electron chi connectivity index (χ4n) is 0.700. The van der Waals surface area contributed by atoms with E-state index in [-0.39, 0.29) is 6.61 Å². The fourth-order valence-corrected chi connectivity index (χ4v) is 0.700. The molecular formula is C8H9NO. The number of pyridine rings is 1. The van der Waals surface area contributed by atoms with Crippen LogP contribution in [-0.2, 0) is 6.61 Å². The largest absolute Gasteiger partial charge is 0.390 e. The number of aromatic nitrogens is 1. The van der Waals surface area contributed by atoms with Crippen LogP contribution in [0.4, 0.5) is 0 Å². The Morgan fingerprint density at radius 3 is 3.00 bits per heavy atom. The van der Waals surface area contributed by atoms with Gasteiger partial charge in [0.05, 0.1) is 18.0 Å². The van der Waals surface area contributed by atoms with Crippen LogP contribution in [0.15, 0.2) is 24.8 Å². The third kappa shape index (κ3) is 1.42. The molecular weight excluding hydrogens is 126 g/mol. The topological polar surface area (TPSA) is 33.1 Å². The normalized spacial score (nSPS) is 9.30. The Hall–Kier alpha value is -1.15. The zero-order valence-electron chi connectivity index (χ0n) is 5.62. The predicted molar refractivity (Wildman–Crippen MR) is 40.3 cm³/mol. The Balaban J connectivity index is 2.98. The van der Waals surface area contributed by atoms with E-state index in [4.69, 9.17) is 5.11 Å². The second-order valence-electron chi connectivity index (χ2n) is 1.92. The lowest BCUT2D eigenvalue weighted by atomic mass is 10.3. The highest BCUT2D eigenvalue weighted by Gasteiger charge is 1.90. The van der Waals surface area contributed by atoms with E-state index in [9.17, 15) is 0 Å². The highest BCUT2D eigenvalue weighted by atomic mass is 16.3. The van der Waals surface area contributed by atoms with Crippen LogP contribution in [0.1, 0.15) is 11.4 Å². The van der Waals surface area contributed by atoms with Crippen molar-refractivity contribution in [3.63, 3.8) is 0 Å². The van der Waals surface area contributed by atoms with Crippen LogP contribution < -0.4 is 0 Å². The molecule has 2 nitrogen and oxygen atoms in total. The smallest absolute Gasteiger partial charge is 0.0853 e. The third-order valence-corrected chi connectivity index (χ3v) is 1.20. The van der Waals surface area contributed by atoms with Crippen LogP contribution in [0.2, 0.25) is 0 Å². The molecule has 0 aliphatic heterocycles. The average molecular weight is 135 g/mol. The van der Waals surface area contributed by atoms with E-state index >= 15 is 0 Å². The summed E-state index contributed by atoms with van der Waals surface area (Å²) in [5.74, 6) is 0. The summed E-state index contributed by atoms with van der Waals surface area (Å²) in [6, 6.07) is 5.45. The second kappa shape index (κ2) is 3.13. The average Bonchev–Trinajstić information content (AvgIpc) is 2.05. The molecule has 10 heavy (non-hydrogen) atoms. The number of aliphatic hydroxyl groups excluding tert-OH is 1. The Morgan fingerprint density at radius 1 is 1.60 bits per heavy atom. The van der Waals surface area contributed by atoms with Gasteiger partial charge in [0.2, 0.25) is 0 Å². The quantitative estimate of drug-likeness (QED) is 0.661. The Kier molecular flexibility index (Phi) is 2.18. The Bertz CT molecular complexity index is 232. The van der Waals surface area contributed by atoms with Gasteiger partial charge in [-0.05, 0) is 18.2 Å². The molecule has 0 unspecified atom stereocenters. The van der Waals surface area contributed by atoms with Crippen molar-refractivity contribution >= 4 is 6.08 Å². The molecule has 2 heteroatoms. The number of nitrogens with zero attached hydrogens (tertiary/aromatic N) is 1. The Labute approximate surface area is 59.9 Å². The summed E-state index contributed by atoms with van der Waals surface area (Å²) < 4.78 is 0. The molecule has 1 aromatic rings. The minimum atomic E-state index is -0.0122. The van der Waals surface area contributed by atoms with Crippen molar-refractivity contribution in [1.29, 1.82) is 0 Å². The van der Waals surface area contributed by atoms with Gasteiger partial charge in [0.1, 0.15) is 0 Å². The monoisotopic (exact) mass is 135 g/mol. The van der Waals surface area contributed by atoms with Crippen LogP contribution >= 0.6 is 0 Å². The van der Waals surface area contributed by atoms with Gasteiger partial charge in [-0.2, -0.15) is 0 Å². The number of rotatable bonds is 2. The van der Waals surface area contributed by atoms with E-state index in [1.165, 1.54) is 0 Å². The zero-order chi connectivity index (χ0) is 7.40. The summed E-state index contributed by atoms with van der Waals surface area (Å²) in [6.45, 7) is 3.55. The molecule has 0 atom stereocenters. The van der Waals surface area contributed by atoms with Crippen molar-refractivity contribution in [3.05, 3.63) is 36.2 Å². The van der Waals surface area contributed by atoms with Gasteiger partial charge in [0.25, 0.3) is 0 Å². The summed E-state index contributed by atoms with van der Waals surface area (Å²) in [5, 5.41) is 8.66. The van der Waals surface area contributed by atoms with Crippen molar-refractivity contribution < 1.29 is 5.11 Å². The molecule has 0 spiro atoms. The van der Waals surface area contributed by atoms with Gasteiger partial charge in [-0.3, -0.25) is 4.98 Å². The highest BCUT2D eigenvalue weighted by molar-refractivity contribution is 5.41. The van der Waals surface area contributed by atoms with E-state index in [0.29, 0.717) is 5.69 Å². The van der Waals surface area contributed by atoms with Crippen LogP contribution in [0, 0.1) is 0 Å². The maximum absolute atomic E-state index is 8.66. The minimum Gasteiger partial charge on any atom is -0.390 e. The van der Waals surface area contributed by atoms with E-state index in [2.05, 4.69) is 11.6 Å². The predicted octanol–water partition coefficient (Wildman–Crippen LogP) is 1.22. The molecule has 0 aromatic carbocycles. The number of hydrogen-bond donors (Lipinski definition) is 1. The van der Waals surface area contributed by atoms with Crippen LogP contribution in [0.5, 0.6) is 0 Å². The molecule has 0 bridgehead atoms. The van der Waals surface area contributed by atoms with Gasteiger partial charge in [0, 0.05) is 0 Å². The summed E-state index contributed by atoms with van der Waals surface area (Å²) in [7, 11) is 0. The van der Waals surface area contributed by atoms with E-state index in [1.807, 2.05) is 12.1 Å².